The zero-order chi connectivity index (χ0) is 15.5. The second kappa shape index (κ2) is 6.35. The molecule has 1 aliphatic heterocycles. The van der Waals surface area contributed by atoms with Gasteiger partial charge in [-0.1, -0.05) is 23.7 Å². The highest BCUT2D eigenvalue weighted by molar-refractivity contribution is 7.16. The molecule has 0 bridgehead atoms. The smallest absolute Gasteiger partial charge is 0.246 e. The van der Waals surface area contributed by atoms with Gasteiger partial charge >= 0.3 is 0 Å². The predicted molar refractivity (Wildman–Crippen MR) is 88.6 cm³/mol. The van der Waals surface area contributed by atoms with E-state index < -0.39 is 0 Å². The third-order valence-electron chi connectivity index (χ3n) is 3.62. The van der Waals surface area contributed by atoms with Gasteiger partial charge in [0.25, 0.3) is 0 Å². The van der Waals surface area contributed by atoms with Gasteiger partial charge in [-0.25, -0.2) is 0 Å². The Bertz CT molecular complexity index is 771. The lowest BCUT2D eigenvalue weighted by Gasteiger charge is -2.25. The summed E-state index contributed by atoms with van der Waals surface area (Å²) in [5.74, 6) is -0.000433. The van der Waals surface area contributed by atoms with Crippen LogP contribution in [-0.2, 0) is 17.8 Å². The fourth-order valence-corrected chi connectivity index (χ4v) is 3.77. The highest BCUT2D eigenvalue weighted by Gasteiger charge is 2.21. The zero-order valence-corrected chi connectivity index (χ0v) is 13.3. The second-order valence-corrected chi connectivity index (χ2v) is 6.84. The number of hydrogen-bond donors (Lipinski definition) is 0. The fraction of sp³-hybridized carbons (Fsp3) is 0.176. The van der Waals surface area contributed by atoms with Crippen molar-refractivity contribution in [3.05, 3.63) is 62.3 Å². The Balaban J connectivity index is 1.67. The van der Waals surface area contributed by atoms with E-state index in [0.29, 0.717) is 12.1 Å². The lowest BCUT2D eigenvalue weighted by molar-refractivity contribution is -0.126. The maximum absolute atomic E-state index is 12.3. The lowest BCUT2D eigenvalue weighted by atomic mass is 10.1. The molecule has 2 aromatic rings. The largest absolute Gasteiger partial charge is 0.334 e. The Morgan fingerprint density at radius 3 is 2.86 bits per heavy atom. The second-order valence-electron chi connectivity index (χ2n) is 5.08. The molecular weight excluding hydrogens is 316 g/mol. The number of benzene rings is 1. The van der Waals surface area contributed by atoms with Gasteiger partial charge in [-0.2, -0.15) is 5.26 Å². The van der Waals surface area contributed by atoms with E-state index in [0.717, 1.165) is 22.9 Å². The van der Waals surface area contributed by atoms with Crippen LogP contribution in [-0.4, -0.2) is 17.4 Å². The molecule has 1 aromatic carbocycles. The summed E-state index contributed by atoms with van der Waals surface area (Å²) < 4.78 is 0.785. The molecule has 110 valence electrons. The summed E-state index contributed by atoms with van der Waals surface area (Å²) in [5.41, 5.74) is 2.78. The molecule has 0 saturated heterocycles. The Labute approximate surface area is 138 Å². The fourth-order valence-electron chi connectivity index (χ4n) is 2.41. The molecule has 0 unspecified atom stereocenters. The molecule has 0 aliphatic carbocycles. The Hall–Kier alpha value is -2.09. The molecule has 22 heavy (non-hydrogen) atoms. The van der Waals surface area contributed by atoms with Crippen LogP contribution in [0.1, 0.15) is 21.6 Å². The van der Waals surface area contributed by atoms with E-state index >= 15 is 0 Å². The molecular formula is C17H13ClN2OS. The van der Waals surface area contributed by atoms with Crippen molar-refractivity contribution < 1.29 is 4.79 Å². The molecule has 0 fully saturated rings. The van der Waals surface area contributed by atoms with Gasteiger partial charge in [0, 0.05) is 17.5 Å². The average Bonchev–Trinajstić information content (AvgIpc) is 2.92. The summed E-state index contributed by atoms with van der Waals surface area (Å²) in [6, 6.07) is 11.2. The Kier molecular flexibility index (Phi) is 4.28. The first-order valence-electron chi connectivity index (χ1n) is 6.90. The maximum atomic E-state index is 12.3. The lowest BCUT2D eigenvalue weighted by Crippen LogP contribution is -2.34. The molecule has 0 N–H and O–H groups in total. The number of carbonyl (C=O) groups is 1. The number of fused-ring (bicyclic) bond motifs is 1. The van der Waals surface area contributed by atoms with Gasteiger partial charge in [0.2, 0.25) is 5.91 Å². The van der Waals surface area contributed by atoms with Gasteiger partial charge in [0.1, 0.15) is 0 Å². The maximum Gasteiger partial charge on any atom is 0.246 e. The standard InChI is InChI=1S/C17H13ClN2OS/c18-16-9-14-7-8-20(11-15(14)22-16)17(21)6-5-12-1-3-13(10-19)4-2-12/h1-6,9H,7-8,11H2/b6-5+. The molecule has 1 aliphatic rings. The van der Waals surface area contributed by atoms with Crippen LogP contribution in [0.25, 0.3) is 6.08 Å². The van der Waals surface area contributed by atoms with Crippen LogP contribution in [0, 0.1) is 11.3 Å². The highest BCUT2D eigenvalue weighted by Crippen LogP contribution is 2.31. The number of rotatable bonds is 2. The van der Waals surface area contributed by atoms with Crippen LogP contribution >= 0.6 is 22.9 Å². The van der Waals surface area contributed by atoms with Crippen LogP contribution in [0.4, 0.5) is 0 Å². The molecule has 3 rings (SSSR count). The van der Waals surface area contributed by atoms with Gasteiger partial charge in [-0.05, 0) is 41.8 Å². The molecule has 0 atom stereocenters. The van der Waals surface area contributed by atoms with E-state index in [1.54, 1.807) is 35.6 Å². The van der Waals surface area contributed by atoms with E-state index in [1.807, 2.05) is 23.1 Å². The summed E-state index contributed by atoms with van der Waals surface area (Å²) in [7, 11) is 0. The number of hydrogen-bond acceptors (Lipinski definition) is 3. The number of nitrogens with zero attached hydrogens (tertiary/aromatic N) is 2. The third kappa shape index (κ3) is 3.22. The number of halogens is 1. The van der Waals surface area contributed by atoms with Crippen molar-refractivity contribution in [3.8, 4) is 6.07 Å². The molecule has 1 aromatic heterocycles. The SMILES string of the molecule is N#Cc1ccc(/C=C/C(=O)N2CCc3cc(Cl)sc3C2)cc1. The highest BCUT2D eigenvalue weighted by atomic mass is 35.5. The number of nitriles is 1. The molecule has 2 heterocycles. The number of thiophene rings is 1. The van der Waals surface area contributed by atoms with Crippen LogP contribution in [0.5, 0.6) is 0 Å². The van der Waals surface area contributed by atoms with Crippen molar-refractivity contribution in [2.24, 2.45) is 0 Å². The van der Waals surface area contributed by atoms with Gasteiger partial charge in [-0.15, -0.1) is 11.3 Å². The van der Waals surface area contributed by atoms with Crippen molar-refractivity contribution in [2.75, 3.05) is 6.54 Å². The molecule has 0 radical (unpaired) electrons. The Morgan fingerprint density at radius 1 is 1.36 bits per heavy atom. The predicted octanol–water partition coefficient (Wildman–Crippen LogP) is 3.87. The summed E-state index contributed by atoms with van der Waals surface area (Å²) in [4.78, 5) is 15.3. The minimum atomic E-state index is -0.000433. The molecule has 0 spiro atoms. The van der Waals surface area contributed by atoms with Gasteiger partial charge in [0.15, 0.2) is 0 Å². The first-order chi connectivity index (χ1) is 10.7. The van der Waals surface area contributed by atoms with Gasteiger partial charge < -0.3 is 4.90 Å². The molecule has 5 heteroatoms. The van der Waals surface area contributed by atoms with Crippen molar-refractivity contribution in [1.82, 2.24) is 4.90 Å². The van der Waals surface area contributed by atoms with Crippen molar-refractivity contribution in [2.45, 2.75) is 13.0 Å². The van der Waals surface area contributed by atoms with Crippen LogP contribution in [0.15, 0.2) is 36.4 Å². The van der Waals surface area contributed by atoms with Crippen molar-refractivity contribution in [3.63, 3.8) is 0 Å². The summed E-state index contributed by atoms with van der Waals surface area (Å²) in [6.07, 6.45) is 4.22. The van der Waals surface area contributed by atoms with Crippen LogP contribution in [0.3, 0.4) is 0 Å². The van der Waals surface area contributed by atoms with Crippen molar-refractivity contribution in [1.29, 1.82) is 5.26 Å². The normalized spacial score (nSPS) is 13.9. The minimum absolute atomic E-state index is 0.000433. The summed E-state index contributed by atoms with van der Waals surface area (Å²) in [6.45, 7) is 1.35. The Morgan fingerprint density at radius 2 is 2.14 bits per heavy atom. The topological polar surface area (TPSA) is 44.1 Å². The van der Waals surface area contributed by atoms with E-state index in [-0.39, 0.29) is 5.91 Å². The quantitative estimate of drug-likeness (QED) is 0.785. The zero-order valence-electron chi connectivity index (χ0n) is 11.8. The first kappa shape index (κ1) is 14.8. The van der Waals surface area contributed by atoms with Crippen molar-refractivity contribution >= 4 is 34.9 Å². The van der Waals surface area contributed by atoms with E-state index in [1.165, 1.54) is 10.4 Å². The summed E-state index contributed by atoms with van der Waals surface area (Å²) in [5, 5.41) is 8.76. The van der Waals surface area contributed by atoms with Crippen LogP contribution in [0.2, 0.25) is 4.34 Å². The molecule has 0 saturated carbocycles. The van der Waals surface area contributed by atoms with E-state index in [2.05, 4.69) is 6.07 Å². The van der Waals surface area contributed by atoms with Gasteiger partial charge in [-0.3, -0.25) is 4.79 Å². The summed E-state index contributed by atoms with van der Waals surface area (Å²) >= 11 is 7.57. The van der Waals surface area contributed by atoms with E-state index in [4.69, 9.17) is 16.9 Å². The van der Waals surface area contributed by atoms with Gasteiger partial charge in [0.05, 0.1) is 22.5 Å². The third-order valence-corrected chi connectivity index (χ3v) is 4.91. The van der Waals surface area contributed by atoms with Crippen LogP contribution < -0.4 is 0 Å². The average molecular weight is 329 g/mol. The first-order valence-corrected chi connectivity index (χ1v) is 8.09. The molecule has 1 amide bonds. The number of carbonyl (C=O) groups excluding carboxylic acids is 1. The molecule has 3 nitrogen and oxygen atoms in total. The monoisotopic (exact) mass is 328 g/mol. The number of amides is 1. The van der Waals surface area contributed by atoms with E-state index in [9.17, 15) is 4.79 Å². The minimum Gasteiger partial charge on any atom is -0.334 e.